The lowest BCUT2D eigenvalue weighted by Gasteiger charge is -2.27. The number of likely N-dealkylation sites (tertiary alicyclic amines) is 1. The molecular formula is C15H23FN2. The fourth-order valence-corrected chi connectivity index (χ4v) is 2.99. The van der Waals surface area contributed by atoms with E-state index in [1.807, 2.05) is 6.07 Å². The maximum Gasteiger partial charge on any atom is 0.123 e. The van der Waals surface area contributed by atoms with Crippen molar-refractivity contribution in [2.75, 3.05) is 0 Å². The SMILES string of the molecule is CCC1CCC(C)N1Cc1cc(F)cc(CN)c1. The van der Waals surface area contributed by atoms with Gasteiger partial charge in [0.25, 0.3) is 0 Å². The first kappa shape index (κ1) is 13.5. The summed E-state index contributed by atoms with van der Waals surface area (Å²) in [6.45, 7) is 5.73. The molecule has 100 valence electrons. The summed E-state index contributed by atoms with van der Waals surface area (Å²) in [5, 5.41) is 0. The molecule has 1 aliphatic rings. The lowest BCUT2D eigenvalue weighted by atomic mass is 10.1. The molecule has 2 unspecified atom stereocenters. The van der Waals surface area contributed by atoms with Crippen LogP contribution < -0.4 is 5.73 Å². The Kier molecular flexibility index (Phi) is 4.36. The summed E-state index contributed by atoms with van der Waals surface area (Å²) in [5.74, 6) is -0.173. The molecule has 0 bridgehead atoms. The second-order valence-electron chi connectivity index (χ2n) is 5.33. The maximum absolute atomic E-state index is 13.5. The number of nitrogens with two attached hydrogens (primary N) is 1. The third-order valence-corrected chi connectivity index (χ3v) is 4.04. The molecule has 1 heterocycles. The van der Waals surface area contributed by atoms with Crippen LogP contribution in [-0.2, 0) is 13.1 Å². The van der Waals surface area contributed by atoms with Crippen molar-refractivity contribution in [1.82, 2.24) is 4.90 Å². The summed E-state index contributed by atoms with van der Waals surface area (Å²) in [7, 11) is 0. The molecule has 0 spiro atoms. The molecule has 18 heavy (non-hydrogen) atoms. The smallest absolute Gasteiger partial charge is 0.123 e. The van der Waals surface area contributed by atoms with Gasteiger partial charge in [-0.05, 0) is 49.4 Å². The van der Waals surface area contributed by atoms with Crippen LogP contribution in [0.5, 0.6) is 0 Å². The van der Waals surface area contributed by atoms with Crippen molar-refractivity contribution in [2.45, 2.75) is 58.3 Å². The van der Waals surface area contributed by atoms with E-state index in [0.29, 0.717) is 18.6 Å². The highest BCUT2D eigenvalue weighted by atomic mass is 19.1. The molecule has 2 rings (SSSR count). The van der Waals surface area contributed by atoms with E-state index in [-0.39, 0.29) is 5.82 Å². The zero-order valence-electron chi connectivity index (χ0n) is 11.3. The largest absolute Gasteiger partial charge is 0.326 e. The maximum atomic E-state index is 13.5. The topological polar surface area (TPSA) is 29.3 Å². The van der Waals surface area contributed by atoms with Gasteiger partial charge in [-0.25, -0.2) is 4.39 Å². The van der Waals surface area contributed by atoms with Crippen molar-refractivity contribution in [3.63, 3.8) is 0 Å². The molecule has 0 saturated carbocycles. The van der Waals surface area contributed by atoms with Crippen molar-refractivity contribution < 1.29 is 4.39 Å². The van der Waals surface area contributed by atoms with E-state index in [9.17, 15) is 4.39 Å². The molecule has 0 aliphatic carbocycles. The highest BCUT2D eigenvalue weighted by Crippen LogP contribution is 2.28. The lowest BCUT2D eigenvalue weighted by molar-refractivity contribution is 0.189. The molecule has 1 saturated heterocycles. The highest BCUT2D eigenvalue weighted by Gasteiger charge is 2.29. The molecule has 2 N–H and O–H groups in total. The van der Waals surface area contributed by atoms with Gasteiger partial charge in [-0.2, -0.15) is 0 Å². The summed E-state index contributed by atoms with van der Waals surface area (Å²) in [6.07, 6.45) is 3.68. The number of hydrogen-bond acceptors (Lipinski definition) is 2. The van der Waals surface area contributed by atoms with Gasteiger partial charge in [-0.15, -0.1) is 0 Å². The van der Waals surface area contributed by atoms with Crippen LogP contribution in [0.4, 0.5) is 4.39 Å². The number of benzene rings is 1. The molecule has 1 aliphatic heterocycles. The Labute approximate surface area is 109 Å². The van der Waals surface area contributed by atoms with Crippen LogP contribution in [0.3, 0.4) is 0 Å². The first-order valence-corrected chi connectivity index (χ1v) is 6.88. The zero-order valence-corrected chi connectivity index (χ0v) is 11.3. The Hall–Kier alpha value is -0.930. The molecule has 1 fully saturated rings. The fourth-order valence-electron chi connectivity index (χ4n) is 2.99. The predicted octanol–water partition coefficient (Wildman–Crippen LogP) is 3.05. The van der Waals surface area contributed by atoms with Crippen molar-refractivity contribution >= 4 is 0 Å². The van der Waals surface area contributed by atoms with Gasteiger partial charge >= 0.3 is 0 Å². The van der Waals surface area contributed by atoms with E-state index < -0.39 is 0 Å². The normalized spacial score (nSPS) is 24.7. The number of hydrogen-bond donors (Lipinski definition) is 1. The Bertz CT molecular complexity index is 405. The minimum Gasteiger partial charge on any atom is -0.326 e. The highest BCUT2D eigenvalue weighted by molar-refractivity contribution is 5.24. The van der Waals surface area contributed by atoms with Gasteiger partial charge in [-0.1, -0.05) is 13.0 Å². The minimum atomic E-state index is -0.173. The molecule has 1 aromatic carbocycles. The van der Waals surface area contributed by atoms with Gasteiger partial charge in [0, 0.05) is 25.2 Å². The average Bonchev–Trinajstić information content (AvgIpc) is 2.70. The van der Waals surface area contributed by atoms with Crippen LogP contribution in [-0.4, -0.2) is 17.0 Å². The van der Waals surface area contributed by atoms with Gasteiger partial charge in [0.1, 0.15) is 5.82 Å². The Morgan fingerprint density at radius 3 is 2.67 bits per heavy atom. The first-order valence-electron chi connectivity index (χ1n) is 6.88. The Morgan fingerprint density at radius 1 is 1.28 bits per heavy atom. The molecule has 0 amide bonds. The van der Waals surface area contributed by atoms with Crippen LogP contribution in [0.15, 0.2) is 18.2 Å². The Morgan fingerprint density at radius 2 is 2.00 bits per heavy atom. The van der Waals surface area contributed by atoms with Crippen LogP contribution in [0.25, 0.3) is 0 Å². The molecule has 0 radical (unpaired) electrons. The van der Waals surface area contributed by atoms with Gasteiger partial charge < -0.3 is 5.73 Å². The average molecular weight is 250 g/mol. The minimum absolute atomic E-state index is 0.173. The van der Waals surface area contributed by atoms with E-state index in [1.54, 1.807) is 6.07 Å². The van der Waals surface area contributed by atoms with Crippen molar-refractivity contribution in [3.05, 3.63) is 35.1 Å². The molecular weight excluding hydrogens is 227 g/mol. The van der Waals surface area contributed by atoms with E-state index >= 15 is 0 Å². The van der Waals surface area contributed by atoms with Crippen molar-refractivity contribution in [2.24, 2.45) is 5.73 Å². The van der Waals surface area contributed by atoms with Crippen LogP contribution in [0.2, 0.25) is 0 Å². The van der Waals surface area contributed by atoms with Gasteiger partial charge in [0.15, 0.2) is 0 Å². The standard InChI is InChI=1S/C15H23FN2/c1-3-15-5-4-11(2)18(15)10-13-6-12(9-17)7-14(16)8-13/h6-8,11,15H,3-5,9-10,17H2,1-2H3. The zero-order chi connectivity index (χ0) is 13.1. The number of nitrogens with zero attached hydrogens (tertiary/aromatic N) is 1. The molecule has 2 nitrogen and oxygen atoms in total. The van der Waals surface area contributed by atoms with Gasteiger partial charge in [-0.3, -0.25) is 4.90 Å². The molecule has 0 aromatic heterocycles. The van der Waals surface area contributed by atoms with Crippen LogP contribution in [0, 0.1) is 5.82 Å². The van der Waals surface area contributed by atoms with Gasteiger partial charge in [0.2, 0.25) is 0 Å². The predicted molar refractivity (Wildman–Crippen MR) is 72.6 cm³/mol. The Balaban J connectivity index is 2.15. The first-order chi connectivity index (χ1) is 8.63. The monoisotopic (exact) mass is 250 g/mol. The third-order valence-electron chi connectivity index (χ3n) is 4.04. The van der Waals surface area contributed by atoms with E-state index in [2.05, 4.69) is 18.7 Å². The van der Waals surface area contributed by atoms with Gasteiger partial charge in [0.05, 0.1) is 0 Å². The van der Waals surface area contributed by atoms with Crippen molar-refractivity contribution in [3.8, 4) is 0 Å². The van der Waals surface area contributed by atoms with Crippen molar-refractivity contribution in [1.29, 1.82) is 0 Å². The third kappa shape index (κ3) is 2.90. The van der Waals surface area contributed by atoms with Crippen LogP contribution >= 0.6 is 0 Å². The fraction of sp³-hybridized carbons (Fsp3) is 0.600. The summed E-state index contributed by atoms with van der Waals surface area (Å²) in [5.41, 5.74) is 7.52. The van der Waals surface area contributed by atoms with E-state index in [4.69, 9.17) is 5.73 Å². The van der Waals surface area contributed by atoms with Crippen LogP contribution in [0.1, 0.15) is 44.2 Å². The second kappa shape index (κ2) is 5.81. The molecule has 3 heteroatoms. The summed E-state index contributed by atoms with van der Waals surface area (Å²) < 4.78 is 13.5. The number of rotatable bonds is 4. The number of halogens is 1. The quantitative estimate of drug-likeness (QED) is 0.890. The lowest BCUT2D eigenvalue weighted by Crippen LogP contribution is -2.33. The second-order valence-corrected chi connectivity index (χ2v) is 5.33. The summed E-state index contributed by atoms with van der Waals surface area (Å²) in [4.78, 5) is 2.50. The molecule has 2 atom stereocenters. The van der Waals surface area contributed by atoms with E-state index in [0.717, 1.165) is 17.7 Å². The summed E-state index contributed by atoms with van der Waals surface area (Å²) >= 11 is 0. The summed E-state index contributed by atoms with van der Waals surface area (Å²) in [6, 6.07) is 6.43. The van der Waals surface area contributed by atoms with E-state index in [1.165, 1.54) is 25.3 Å². The molecule has 1 aromatic rings.